The van der Waals surface area contributed by atoms with Gasteiger partial charge >= 0.3 is 0 Å². The maximum Gasteiger partial charge on any atom is 0.255 e. The summed E-state index contributed by atoms with van der Waals surface area (Å²) in [6.07, 6.45) is 1.02. The highest BCUT2D eigenvalue weighted by Gasteiger charge is 2.34. The van der Waals surface area contributed by atoms with Gasteiger partial charge in [0.15, 0.2) is 0 Å². The van der Waals surface area contributed by atoms with Crippen LogP contribution in [0.15, 0.2) is 12.1 Å². The third-order valence-corrected chi connectivity index (χ3v) is 4.78. The number of rotatable bonds is 1. The van der Waals surface area contributed by atoms with Crippen molar-refractivity contribution in [3.63, 3.8) is 0 Å². The largest absolute Gasteiger partial charge is 0.399 e. The Morgan fingerprint density at radius 1 is 1.35 bits per heavy atom. The Morgan fingerprint density at radius 2 is 2.00 bits per heavy atom. The van der Waals surface area contributed by atoms with Gasteiger partial charge in [-0.3, -0.25) is 4.79 Å². The molecule has 1 atom stereocenters. The Balaban J connectivity index is 2.22. The van der Waals surface area contributed by atoms with Crippen LogP contribution in [-0.4, -0.2) is 23.9 Å². The number of anilines is 1. The molecule has 0 saturated carbocycles. The molecule has 1 unspecified atom stereocenters. The van der Waals surface area contributed by atoms with E-state index in [0.717, 1.165) is 19.5 Å². The molecule has 20 heavy (non-hydrogen) atoms. The molecule has 2 N–H and O–H groups in total. The summed E-state index contributed by atoms with van der Waals surface area (Å²) in [6.45, 7) is 8.12. The second-order valence-corrected chi connectivity index (χ2v) is 7.25. The average molecular weight is 315 g/mol. The van der Waals surface area contributed by atoms with E-state index in [4.69, 9.17) is 28.9 Å². The summed E-state index contributed by atoms with van der Waals surface area (Å²) in [4.78, 5) is 14.4. The van der Waals surface area contributed by atoms with E-state index in [1.165, 1.54) is 0 Å². The zero-order valence-electron chi connectivity index (χ0n) is 12.0. The van der Waals surface area contributed by atoms with Gasteiger partial charge in [0.1, 0.15) is 0 Å². The number of likely N-dealkylation sites (tertiary alicyclic amines) is 1. The van der Waals surface area contributed by atoms with Gasteiger partial charge < -0.3 is 10.6 Å². The predicted octanol–water partition coefficient (Wildman–Crippen LogP) is 4.08. The highest BCUT2D eigenvalue weighted by molar-refractivity contribution is 6.44. The van der Waals surface area contributed by atoms with Gasteiger partial charge in [0.2, 0.25) is 0 Å². The molecule has 0 aliphatic carbocycles. The molecule has 1 aromatic rings. The highest BCUT2D eigenvalue weighted by Crippen LogP contribution is 2.35. The quantitative estimate of drug-likeness (QED) is 0.794. The Bertz CT molecular complexity index is 537. The second-order valence-electron chi connectivity index (χ2n) is 6.47. The lowest BCUT2D eigenvalue weighted by Gasteiger charge is -2.27. The summed E-state index contributed by atoms with van der Waals surface area (Å²) in [5, 5.41) is 0.603. The maximum atomic E-state index is 12.6. The van der Waals surface area contributed by atoms with Crippen molar-refractivity contribution in [3.05, 3.63) is 27.7 Å². The van der Waals surface area contributed by atoms with Gasteiger partial charge in [0.25, 0.3) is 5.91 Å². The van der Waals surface area contributed by atoms with E-state index in [1.807, 2.05) is 4.90 Å². The Morgan fingerprint density at radius 3 is 2.55 bits per heavy atom. The lowest BCUT2D eigenvalue weighted by molar-refractivity contribution is 0.0777. The summed E-state index contributed by atoms with van der Waals surface area (Å²) in [6, 6.07) is 3.16. The van der Waals surface area contributed by atoms with E-state index in [0.29, 0.717) is 22.2 Å². The topological polar surface area (TPSA) is 46.3 Å². The van der Waals surface area contributed by atoms with E-state index < -0.39 is 0 Å². The first-order valence-corrected chi connectivity index (χ1v) is 7.49. The smallest absolute Gasteiger partial charge is 0.255 e. The number of nitrogens with two attached hydrogens (primary N) is 1. The van der Waals surface area contributed by atoms with Crippen molar-refractivity contribution in [2.75, 3.05) is 18.8 Å². The van der Waals surface area contributed by atoms with Gasteiger partial charge in [-0.2, -0.15) is 0 Å². The summed E-state index contributed by atoms with van der Waals surface area (Å²) < 4.78 is 0. The van der Waals surface area contributed by atoms with Gasteiger partial charge in [0, 0.05) is 18.8 Å². The highest BCUT2D eigenvalue weighted by atomic mass is 35.5. The molecule has 1 aliphatic rings. The van der Waals surface area contributed by atoms with Gasteiger partial charge in [0.05, 0.1) is 15.6 Å². The molecular weight excluding hydrogens is 295 g/mol. The summed E-state index contributed by atoms with van der Waals surface area (Å²) in [7, 11) is 0. The summed E-state index contributed by atoms with van der Waals surface area (Å²) in [5.74, 6) is 0.415. The van der Waals surface area contributed by atoms with E-state index in [2.05, 4.69) is 20.8 Å². The van der Waals surface area contributed by atoms with Crippen LogP contribution < -0.4 is 5.73 Å². The number of benzene rings is 1. The van der Waals surface area contributed by atoms with Crippen LogP contribution in [-0.2, 0) is 0 Å². The van der Waals surface area contributed by atoms with Crippen molar-refractivity contribution in [2.45, 2.75) is 27.2 Å². The van der Waals surface area contributed by atoms with Crippen LogP contribution >= 0.6 is 23.2 Å². The summed E-state index contributed by atoms with van der Waals surface area (Å²) >= 11 is 12.1. The molecule has 110 valence electrons. The Hall–Kier alpha value is -0.930. The lowest BCUT2D eigenvalue weighted by atomic mass is 9.80. The number of nitrogens with zero attached hydrogens (tertiary/aromatic N) is 1. The molecule has 5 heteroatoms. The molecule has 3 nitrogen and oxygen atoms in total. The van der Waals surface area contributed by atoms with E-state index in [1.54, 1.807) is 12.1 Å². The van der Waals surface area contributed by atoms with Crippen molar-refractivity contribution in [1.29, 1.82) is 0 Å². The lowest BCUT2D eigenvalue weighted by Crippen LogP contribution is -2.31. The fourth-order valence-electron chi connectivity index (χ4n) is 2.59. The number of hydrogen-bond donors (Lipinski definition) is 1. The molecule has 1 saturated heterocycles. The monoisotopic (exact) mass is 314 g/mol. The molecule has 0 radical (unpaired) electrons. The van der Waals surface area contributed by atoms with Crippen molar-refractivity contribution in [2.24, 2.45) is 11.3 Å². The maximum absolute atomic E-state index is 12.6. The number of nitrogen functional groups attached to an aromatic ring is 1. The standard InChI is InChI=1S/C15H20Cl2N2O/c1-15(2,3)9-4-5-19(8-9)14(20)11-6-10(18)7-12(16)13(11)17/h6-7,9H,4-5,8,18H2,1-3H3. The summed E-state index contributed by atoms with van der Waals surface area (Å²) in [5.41, 5.74) is 6.80. The fraction of sp³-hybridized carbons (Fsp3) is 0.533. The third-order valence-electron chi connectivity index (χ3n) is 3.98. The number of halogens is 2. The average Bonchev–Trinajstić information content (AvgIpc) is 2.82. The molecule has 0 aromatic heterocycles. The van der Waals surface area contributed by atoms with E-state index >= 15 is 0 Å². The minimum atomic E-state index is -0.0871. The first-order chi connectivity index (χ1) is 9.20. The molecule has 1 fully saturated rings. The predicted molar refractivity (Wildman–Crippen MR) is 84.3 cm³/mol. The Labute approximate surface area is 130 Å². The zero-order valence-corrected chi connectivity index (χ0v) is 13.6. The van der Waals surface area contributed by atoms with Crippen LogP contribution in [0.5, 0.6) is 0 Å². The molecule has 0 spiro atoms. The fourth-order valence-corrected chi connectivity index (χ4v) is 3.01. The minimum Gasteiger partial charge on any atom is -0.399 e. The van der Waals surface area contributed by atoms with Crippen LogP contribution in [0.25, 0.3) is 0 Å². The van der Waals surface area contributed by atoms with Crippen LogP contribution in [0.2, 0.25) is 10.0 Å². The van der Waals surface area contributed by atoms with Gasteiger partial charge in [-0.1, -0.05) is 44.0 Å². The molecule has 0 bridgehead atoms. The van der Waals surface area contributed by atoms with E-state index in [-0.39, 0.29) is 16.3 Å². The van der Waals surface area contributed by atoms with Crippen molar-refractivity contribution < 1.29 is 4.79 Å². The molecule has 2 rings (SSSR count). The molecule has 1 aliphatic heterocycles. The van der Waals surface area contributed by atoms with Crippen LogP contribution in [0.3, 0.4) is 0 Å². The second kappa shape index (κ2) is 5.45. The number of carbonyl (C=O) groups is 1. The molecule has 1 amide bonds. The van der Waals surface area contributed by atoms with Crippen LogP contribution in [0.1, 0.15) is 37.6 Å². The van der Waals surface area contributed by atoms with Gasteiger partial charge in [-0.25, -0.2) is 0 Å². The van der Waals surface area contributed by atoms with Crippen molar-refractivity contribution in [3.8, 4) is 0 Å². The SMILES string of the molecule is CC(C)(C)C1CCN(C(=O)c2cc(N)cc(Cl)c2Cl)C1. The number of carbonyl (C=O) groups excluding carboxylic acids is 1. The van der Waals surface area contributed by atoms with E-state index in [9.17, 15) is 4.79 Å². The normalized spacial score (nSPS) is 19.4. The van der Waals surface area contributed by atoms with Gasteiger partial charge in [-0.15, -0.1) is 0 Å². The third kappa shape index (κ3) is 3.04. The zero-order chi connectivity index (χ0) is 15.1. The van der Waals surface area contributed by atoms with Crippen LogP contribution in [0, 0.1) is 11.3 Å². The number of hydrogen-bond acceptors (Lipinski definition) is 2. The molecule has 1 aromatic carbocycles. The first kappa shape index (κ1) is 15.5. The molecular formula is C15H20Cl2N2O. The van der Waals surface area contributed by atoms with Crippen molar-refractivity contribution >= 4 is 34.8 Å². The Kier molecular flexibility index (Phi) is 4.22. The minimum absolute atomic E-state index is 0.0871. The van der Waals surface area contributed by atoms with Gasteiger partial charge in [-0.05, 0) is 29.9 Å². The first-order valence-electron chi connectivity index (χ1n) is 6.74. The van der Waals surface area contributed by atoms with Crippen LogP contribution in [0.4, 0.5) is 5.69 Å². The molecule has 1 heterocycles. The van der Waals surface area contributed by atoms with Crippen molar-refractivity contribution in [1.82, 2.24) is 4.90 Å². The number of amides is 1.